The summed E-state index contributed by atoms with van der Waals surface area (Å²) in [7, 11) is -1.99. The second-order valence-corrected chi connectivity index (χ2v) is 19.3. The molecule has 0 radical (unpaired) electrons. The number of carbonyl (C=O) groups is 2. The fraction of sp³-hybridized carbons (Fsp3) is 0.590. The number of ether oxygens (including phenoxy) is 1. The van der Waals surface area contributed by atoms with Crippen LogP contribution >= 0.6 is 0 Å². The summed E-state index contributed by atoms with van der Waals surface area (Å²) in [5.74, 6) is -0.543. The number of cyclic esters (lactones) is 1. The van der Waals surface area contributed by atoms with Crippen molar-refractivity contribution in [3.8, 4) is 0 Å². The van der Waals surface area contributed by atoms with E-state index in [9.17, 15) is 14.7 Å². The molecule has 0 saturated heterocycles. The fourth-order valence-corrected chi connectivity index (χ4v) is 6.00. The number of carbonyl (C=O) groups excluding carboxylic acids is 2. The first-order chi connectivity index (χ1) is 21.4. The summed E-state index contributed by atoms with van der Waals surface area (Å²) in [5.41, 5.74) is 2.99. The molecule has 0 fully saturated rings. The lowest BCUT2D eigenvalue weighted by atomic mass is 9.95. The molecule has 0 aromatic carbocycles. The average Bonchev–Trinajstić information content (AvgIpc) is 2.93. The van der Waals surface area contributed by atoms with Crippen molar-refractivity contribution in [2.75, 3.05) is 0 Å². The number of rotatable bonds is 7. The highest BCUT2D eigenvalue weighted by Crippen LogP contribution is 2.38. The molecule has 0 bridgehead atoms. The second-order valence-electron chi connectivity index (χ2n) is 14.6. The highest BCUT2D eigenvalue weighted by Gasteiger charge is 2.38. The molecule has 1 amide bonds. The van der Waals surface area contributed by atoms with Gasteiger partial charge in [0.1, 0.15) is 6.10 Å². The largest absolute Gasteiger partial charge is 0.458 e. The summed E-state index contributed by atoms with van der Waals surface area (Å²) in [6, 6.07) is 0. The van der Waals surface area contributed by atoms with Gasteiger partial charge in [-0.1, -0.05) is 93.9 Å². The summed E-state index contributed by atoms with van der Waals surface area (Å²) in [6.45, 7) is 23.1. The third-order valence-corrected chi connectivity index (χ3v) is 13.1. The number of aliphatic hydroxyl groups is 1. The minimum atomic E-state index is -1.99. The van der Waals surface area contributed by atoms with E-state index in [-0.39, 0.29) is 41.0 Å². The molecule has 1 aliphatic heterocycles. The van der Waals surface area contributed by atoms with Crippen molar-refractivity contribution in [3.05, 3.63) is 83.7 Å². The van der Waals surface area contributed by atoms with Crippen LogP contribution in [0.3, 0.4) is 0 Å². The van der Waals surface area contributed by atoms with Gasteiger partial charge in [-0.05, 0) is 84.0 Å². The summed E-state index contributed by atoms with van der Waals surface area (Å²) >= 11 is 0. The van der Waals surface area contributed by atoms with E-state index in [2.05, 4.69) is 76.5 Å². The van der Waals surface area contributed by atoms with Crippen LogP contribution in [0.15, 0.2) is 83.7 Å². The summed E-state index contributed by atoms with van der Waals surface area (Å²) in [5, 5.41) is 13.7. The number of esters is 1. The van der Waals surface area contributed by atoms with E-state index in [0.29, 0.717) is 12.8 Å². The van der Waals surface area contributed by atoms with E-state index >= 15 is 0 Å². The highest BCUT2D eigenvalue weighted by atomic mass is 28.4. The predicted molar refractivity (Wildman–Crippen MR) is 196 cm³/mol. The molecular formula is C39H63NO5Si. The first-order valence-corrected chi connectivity index (χ1v) is 19.9. The van der Waals surface area contributed by atoms with Gasteiger partial charge in [-0.25, -0.2) is 4.79 Å². The lowest BCUT2D eigenvalue weighted by molar-refractivity contribution is -0.144. The zero-order chi connectivity index (χ0) is 34.9. The predicted octanol–water partition coefficient (Wildman–Crippen LogP) is 9.43. The van der Waals surface area contributed by atoms with Gasteiger partial charge in [-0.15, -0.1) is 0 Å². The lowest BCUT2D eigenvalue weighted by Gasteiger charge is -2.38. The monoisotopic (exact) mass is 653 g/mol. The SMILES string of the molecule is CC(C)=CC(=O)N/C=C/C(C)=C/[C@H](C)[C@@H]1C/C(C)=C/C=C/CC[C@@H](O)[C@H](C)/C=C/[C@H](O[Si](C)(C)C(C)(C)C)CCC/C=C/C(=O)O1. The van der Waals surface area contributed by atoms with Crippen molar-refractivity contribution >= 4 is 20.2 Å². The third-order valence-electron chi connectivity index (χ3n) is 8.64. The molecule has 0 aromatic heterocycles. The average molecular weight is 654 g/mol. The van der Waals surface area contributed by atoms with Crippen molar-refractivity contribution in [2.24, 2.45) is 11.8 Å². The number of allylic oxidation sites excluding steroid dienone is 7. The van der Waals surface area contributed by atoms with Crippen LogP contribution in [-0.4, -0.2) is 43.6 Å². The van der Waals surface area contributed by atoms with Crippen LogP contribution in [-0.2, 0) is 18.8 Å². The Labute approximate surface area is 281 Å². The highest BCUT2D eigenvalue weighted by molar-refractivity contribution is 6.74. The van der Waals surface area contributed by atoms with Crippen LogP contribution in [0.5, 0.6) is 0 Å². The Morgan fingerprint density at radius 2 is 1.83 bits per heavy atom. The lowest BCUT2D eigenvalue weighted by Crippen LogP contribution is -2.43. The maximum absolute atomic E-state index is 12.9. The van der Waals surface area contributed by atoms with E-state index in [1.165, 1.54) is 0 Å². The molecule has 5 atom stereocenters. The Hall–Kier alpha value is -2.74. The van der Waals surface area contributed by atoms with Crippen molar-refractivity contribution in [3.63, 3.8) is 0 Å². The van der Waals surface area contributed by atoms with Crippen molar-refractivity contribution < 1.29 is 23.9 Å². The Bertz CT molecular complexity index is 1180. The molecule has 2 N–H and O–H groups in total. The van der Waals surface area contributed by atoms with Gasteiger partial charge in [0, 0.05) is 36.6 Å². The van der Waals surface area contributed by atoms with E-state index in [0.717, 1.165) is 42.4 Å². The molecule has 1 aliphatic rings. The molecule has 0 spiro atoms. The van der Waals surface area contributed by atoms with E-state index in [1.54, 1.807) is 18.4 Å². The molecule has 0 saturated carbocycles. The standard InChI is InChI=1S/C39H63NO5Si/c1-29(2)26-37(42)40-25-24-31(4)27-33(6)36-28-30(3)18-14-12-16-20-35(41)32(5)22-23-34(45-46(10,11)39(7,8)9)19-15-13-17-21-38(43)44-36/h12,14,17-18,21-27,32-36,41H,13,15-16,19-20,28H2,1-11H3,(H,40,42)/b14-12+,21-17+,23-22+,25-24+,30-18+,31-27+/t32-,33+,34-,35-,36+/m1/s1. The molecule has 1 rings (SSSR count). The maximum Gasteiger partial charge on any atom is 0.330 e. The van der Waals surface area contributed by atoms with Crippen LogP contribution in [0.25, 0.3) is 0 Å². The van der Waals surface area contributed by atoms with Crippen molar-refractivity contribution in [1.82, 2.24) is 5.32 Å². The topological polar surface area (TPSA) is 84.9 Å². The summed E-state index contributed by atoms with van der Waals surface area (Å²) in [4.78, 5) is 24.8. The Morgan fingerprint density at radius 1 is 1.13 bits per heavy atom. The first-order valence-electron chi connectivity index (χ1n) is 16.9. The number of hydrogen-bond donors (Lipinski definition) is 2. The first kappa shape index (κ1) is 41.3. The zero-order valence-corrected chi connectivity index (χ0v) is 31.6. The molecule has 1 heterocycles. The van der Waals surface area contributed by atoms with E-state index in [1.807, 2.05) is 52.8 Å². The molecular weight excluding hydrogens is 591 g/mol. The van der Waals surface area contributed by atoms with Gasteiger partial charge in [0.2, 0.25) is 5.91 Å². The van der Waals surface area contributed by atoms with Gasteiger partial charge >= 0.3 is 5.97 Å². The maximum atomic E-state index is 12.9. The van der Waals surface area contributed by atoms with Crippen molar-refractivity contribution in [1.29, 1.82) is 0 Å². The van der Waals surface area contributed by atoms with E-state index in [4.69, 9.17) is 9.16 Å². The third kappa shape index (κ3) is 17.3. The van der Waals surface area contributed by atoms with Gasteiger partial charge in [0.15, 0.2) is 8.32 Å². The quantitative estimate of drug-likeness (QED) is 0.0940. The van der Waals surface area contributed by atoms with Gasteiger partial charge in [0.25, 0.3) is 0 Å². The second kappa shape index (κ2) is 20.5. The number of amides is 1. The molecule has 0 unspecified atom stereocenters. The van der Waals surface area contributed by atoms with E-state index < -0.39 is 14.4 Å². The van der Waals surface area contributed by atoms with Gasteiger partial charge in [-0.2, -0.15) is 0 Å². The number of hydrogen-bond acceptors (Lipinski definition) is 5. The molecule has 0 aromatic rings. The molecule has 0 aliphatic carbocycles. The van der Waals surface area contributed by atoms with Crippen LogP contribution < -0.4 is 5.32 Å². The summed E-state index contributed by atoms with van der Waals surface area (Å²) in [6.07, 6.45) is 24.6. The number of aliphatic hydroxyl groups excluding tert-OH is 1. The van der Waals surface area contributed by atoms with Crippen LogP contribution in [0.4, 0.5) is 0 Å². The Morgan fingerprint density at radius 3 is 2.48 bits per heavy atom. The zero-order valence-electron chi connectivity index (χ0n) is 30.6. The fourth-order valence-electron chi connectivity index (χ4n) is 4.70. The number of nitrogens with one attached hydrogen (secondary N) is 1. The van der Waals surface area contributed by atoms with Crippen LogP contribution in [0.2, 0.25) is 18.1 Å². The van der Waals surface area contributed by atoms with Gasteiger partial charge in [-0.3, -0.25) is 4.79 Å². The normalized spacial score (nSPS) is 27.4. The summed E-state index contributed by atoms with van der Waals surface area (Å²) < 4.78 is 12.8. The molecule has 7 heteroatoms. The van der Waals surface area contributed by atoms with Gasteiger partial charge in [0.05, 0.1) is 12.2 Å². The van der Waals surface area contributed by atoms with Gasteiger partial charge < -0.3 is 19.6 Å². The van der Waals surface area contributed by atoms with Crippen LogP contribution in [0, 0.1) is 11.8 Å². The smallest absolute Gasteiger partial charge is 0.330 e. The molecule has 258 valence electrons. The molecule has 6 nitrogen and oxygen atoms in total. The Balaban J connectivity index is 3.16. The minimum absolute atomic E-state index is 0.0266. The van der Waals surface area contributed by atoms with Crippen LogP contribution in [0.1, 0.15) is 101 Å². The minimum Gasteiger partial charge on any atom is -0.458 e. The Kier molecular flexibility index (Phi) is 18.4. The van der Waals surface area contributed by atoms with Crippen molar-refractivity contribution in [2.45, 2.75) is 137 Å². The molecule has 46 heavy (non-hydrogen) atoms.